The molecule has 0 aliphatic carbocycles. The Bertz CT molecular complexity index is 393. The molecule has 21 heavy (non-hydrogen) atoms. The van der Waals surface area contributed by atoms with Crippen LogP contribution in [0.2, 0.25) is 5.02 Å². The molecule has 7 heteroatoms. The number of hydrogen-bond donors (Lipinski definition) is 1. The van der Waals surface area contributed by atoms with Crippen molar-refractivity contribution in [3.63, 3.8) is 0 Å². The lowest BCUT2D eigenvalue weighted by Crippen LogP contribution is -2.13. The van der Waals surface area contributed by atoms with E-state index in [-0.39, 0.29) is 0 Å². The standard InChI is InChI=1S/C14H23ClN2O4/c1-16-10-12-9-14(17-11-13(12)15)21-8-7-20-6-5-19-4-3-18-2/h9,11,16H,3-8,10H2,1-2H3. The third-order valence-electron chi connectivity index (χ3n) is 2.56. The third kappa shape index (κ3) is 8.18. The lowest BCUT2D eigenvalue weighted by atomic mass is 10.2. The summed E-state index contributed by atoms with van der Waals surface area (Å²) in [6.07, 6.45) is 1.59. The minimum atomic E-state index is 0.436. The molecule has 1 heterocycles. The molecule has 0 amide bonds. The minimum absolute atomic E-state index is 0.436. The van der Waals surface area contributed by atoms with Gasteiger partial charge in [0.05, 0.1) is 38.1 Å². The Morgan fingerprint density at radius 3 is 2.43 bits per heavy atom. The van der Waals surface area contributed by atoms with Gasteiger partial charge in [-0.1, -0.05) is 11.6 Å². The average molecular weight is 319 g/mol. The molecule has 0 aliphatic heterocycles. The molecule has 0 saturated heterocycles. The number of ether oxygens (including phenoxy) is 4. The average Bonchev–Trinajstić information content (AvgIpc) is 2.49. The maximum atomic E-state index is 6.02. The predicted octanol–water partition coefficient (Wildman–Crippen LogP) is 1.51. The van der Waals surface area contributed by atoms with E-state index in [2.05, 4.69) is 10.3 Å². The summed E-state index contributed by atoms with van der Waals surface area (Å²) >= 11 is 6.02. The SMILES string of the molecule is CNCc1cc(OCCOCCOCCOC)ncc1Cl. The quantitative estimate of drug-likeness (QED) is 0.590. The zero-order chi connectivity index (χ0) is 15.3. The molecule has 0 aliphatic rings. The van der Waals surface area contributed by atoms with Crippen LogP contribution in [0.5, 0.6) is 5.88 Å². The summed E-state index contributed by atoms with van der Waals surface area (Å²) < 4.78 is 21.0. The first-order chi connectivity index (χ1) is 10.3. The second kappa shape index (κ2) is 11.7. The highest BCUT2D eigenvalue weighted by molar-refractivity contribution is 6.31. The normalized spacial score (nSPS) is 10.8. The van der Waals surface area contributed by atoms with Crippen LogP contribution in [0, 0.1) is 0 Å². The van der Waals surface area contributed by atoms with Crippen LogP contribution < -0.4 is 10.1 Å². The molecule has 0 atom stereocenters. The maximum Gasteiger partial charge on any atom is 0.213 e. The Labute approximate surface area is 130 Å². The van der Waals surface area contributed by atoms with Gasteiger partial charge in [-0.3, -0.25) is 0 Å². The van der Waals surface area contributed by atoms with Gasteiger partial charge in [-0.15, -0.1) is 0 Å². The molecule has 0 spiro atoms. The summed E-state index contributed by atoms with van der Waals surface area (Å²) in [4.78, 5) is 4.11. The molecule has 0 radical (unpaired) electrons. The lowest BCUT2D eigenvalue weighted by Gasteiger charge is -2.09. The zero-order valence-corrected chi connectivity index (χ0v) is 13.3. The number of nitrogens with zero attached hydrogens (tertiary/aromatic N) is 1. The highest BCUT2D eigenvalue weighted by Crippen LogP contribution is 2.18. The van der Waals surface area contributed by atoms with E-state index in [1.165, 1.54) is 0 Å². The molecule has 0 aromatic carbocycles. The van der Waals surface area contributed by atoms with Gasteiger partial charge in [0.15, 0.2) is 0 Å². The maximum absolute atomic E-state index is 6.02. The molecule has 0 saturated carbocycles. The summed E-state index contributed by atoms with van der Waals surface area (Å²) in [6, 6.07) is 1.83. The van der Waals surface area contributed by atoms with Gasteiger partial charge >= 0.3 is 0 Å². The van der Waals surface area contributed by atoms with Gasteiger partial charge in [0.2, 0.25) is 5.88 Å². The van der Waals surface area contributed by atoms with E-state index in [0.29, 0.717) is 57.1 Å². The highest BCUT2D eigenvalue weighted by Gasteiger charge is 2.03. The van der Waals surface area contributed by atoms with Crippen LogP contribution in [0.1, 0.15) is 5.56 Å². The topological polar surface area (TPSA) is 61.8 Å². The van der Waals surface area contributed by atoms with Crippen molar-refractivity contribution in [2.24, 2.45) is 0 Å². The molecule has 0 unspecified atom stereocenters. The van der Waals surface area contributed by atoms with Crippen molar-refractivity contribution < 1.29 is 18.9 Å². The predicted molar refractivity (Wildman–Crippen MR) is 81.0 cm³/mol. The van der Waals surface area contributed by atoms with Crippen molar-refractivity contribution in [3.8, 4) is 5.88 Å². The summed E-state index contributed by atoms with van der Waals surface area (Å²) in [5, 5.41) is 3.67. The van der Waals surface area contributed by atoms with E-state index in [1.54, 1.807) is 13.3 Å². The van der Waals surface area contributed by atoms with Gasteiger partial charge in [-0.05, 0) is 12.6 Å². The fourth-order valence-corrected chi connectivity index (χ4v) is 1.70. The molecule has 1 aromatic rings. The van der Waals surface area contributed by atoms with Crippen LogP contribution in [-0.4, -0.2) is 58.8 Å². The van der Waals surface area contributed by atoms with E-state index in [1.807, 2.05) is 13.1 Å². The fraction of sp³-hybridized carbons (Fsp3) is 0.643. The summed E-state index contributed by atoms with van der Waals surface area (Å²) in [6.45, 7) is 3.86. The van der Waals surface area contributed by atoms with Crippen molar-refractivity contribution in [3.05, 3.63) is 22.8 Å². The number of hydrogen-bond acceptors (Lipinski definition) is 6. The smallest absolute Gasteiger partial charge is 0.213 e. The zero-order valence-electron chi connectivity index (χ0n) is 12.6. The van der Waals surface area contributed by atoms with Crippen molar-refractivity contribution in [1.82, 2.24) is 10.3 Å². The Balaban J connectivity index is 2.11. The second-order valence-electron chi connectivity index (χ2n) is 4.21. The first-order valence-electron chi connectivity index (χ1n) is 6.84. The number of pyridine rings is 1. The number of methoxy groups -OCH3 is 1. The van der Waals surface area contributed by atoms with E-state index in [9.17, 15) is 0 Å². The molecular formula is C14H23ClN2O4. The monoisotopic (exact) mass is 318 g/mol. The van der Waals surface area contributed by atoms with Crippen molar-refractivity contribution >= 4 is 11.6 Å². The fourth-order valence-electron chi connectivity index (χ4n) is 1.53. The molecule has 6 nitrogen and oxygen atoms in total. The van der Waals surface area contributed by atoms with Crippen LogP contribution >= 0.6 is 11.6 Å². The molecule has 0 fully saturated rings. The van der Waals surface area contributed by atoms with Crippen LogP contribution in [0.4, 0.5) is 0 Å². The highest BCUT2D eigenvalue weighted by atomic mass is 35.5. The van der Waals surface area contributed by atoms with E-state index < -0.39 is 0 Å². The number of rotatable bonds is 12. The molecule has 0 bridgehead atoms. The van der Waals surface area contributed by atoms with Crippen LogP contribution in [0.15, 0.2) is 12.3 Å². The van der Waals surface area contributed by atoms with Crippen molar-refractivity contribution in [2.75, 3.05) is 53.8 Å². The molecule has 1 aromatic heterocycles. The Morgan fingerprint density at radius 2 is 1.76 bits per heavy atom. The first kappa shape index (κ1) is 18.1. The van der Waals surface area contributed by atoms with E-state index >= 15 is 0 Å². The van der Waals surface area contributed by atoms with Gasteiger partial charge in [0.1, 0.15) is 6.61 Å². The number of nitrogens with one attached hydrogen (secondary N) is 1. The van der Waals surface area contributed by atoms with Crippen LogP contribution in [0.25, 0.3) is 0 Å². The number of aromatic nitrogens is 1. The molecule has 1 rings (SSSR count). The Kier molecular flexibility index (Phi) is 10.1. The molecule has 120 valence electrons. The molecule has 1 N–H and O–H groups in total. The van der Waals surface area contributed by atoms with Crippen molar-refractivity contribution in [1.29, 1.82) is 0 Å². The lowest BCUT2D eigenvalue weighted by molar-refractivity contribution is 0.0176. The Morgan fingerprint density at radius 1 is 1.10 bits per heavy atom. The van der Waals surface area contributed by atoms with Gasteiger partial charge in [-0.2, -0.15) is 0 Å². The summed E-state index contributed by atoms with van der Waals surface area (Å²) in [5.41, 5.74) is 0.955. The van der Waals surface area contributed by atoms with E-state index in [0.717, 1.165) is 5.56 Å². The Hall–Kier alpha value is -0.920. The van der Waals surface area contributed by atoms with Crippen LogP contribution in [-0.2, 0) is 20.8 Å². The van der Waals surface area contributed by atoms with Gasteiger partial charge in [0, 0.05) is 25.9 Å². The molecular weight excluding hydrogens is 296 g/mol. The van der Waals surface area contributed by atoms with Crippen molar-refractivity contribution in [2.45, 2.75) is 6.54 Å². The first-order valence-corrected chi connectivity index (χ1v) is 7.22. The minimum Gasteiger partial charge on any atom is -0.475 e. The summed E-state index contributed by atoms with van der Waals surface area (Å²) in [5.74, 6) is 0.546. The van der Waals surface area contributed by atoms with Crippen LogP contribution in [0.3, 0.4) is 0 Å². The van der Waals surface area contributed by atoms with Gasteiger partial charge < -0.3 is 24.3 Å². The van der Waals surface area contributed by atoms with Gasteiger partial charge in [0.25, 0.3) is 0 Å². The third-order valence-corrected chi connectivity index (χ3v) is 2.90. The summed E-state index contributed by atoms with van der Waals surface area (Å²) in [7, 11) is 3.50. The number of halogens is 1. The largest absolute Gasteiger partial charge is 0.475 e. The second-order valence-corrected chi connectivity index (χ2v) is 4.62. The van der Waals surface area contributed by atoms with Gasteiger partial charge in [-0.25, -0.2) is 4.98 Å². The van der Waals surface area contributed by atoms with E-state index in [4.69, 9.17) is 30.5 Å².